The fourth-order valence-electron chi connectivity index (χ4n) is 0.618. The Labute approximate surface area is 103 Å². The van der Waals surface area contributed by atoms with Crippen molar-refractivity contribution in [3.63, 3.8) is 0 Å². The van der Waals surface area contributed by atoms with Crippen LogP contribution in [0.5, 0.6) is 0 Å². The minimum Gasteiger partial charge on any atom is -0.405 e. The van der Waals surface area contributed by atoms with Crippen LogP contribution < -0.4 is 11.1 Å². The van der Waals surface area contributed by atoms with Crippen molar-refractivity contribution in [3.8, 4) is 0 Å². The van der Waals surface area contributed by atoms with Gasteiger partial charge in [-0.15, -0.1) is 0 Å². The molecule has 0 atom stereocenters. The molecule has 0 rings (SSSR count). The summed E-state index contributed by atoms with van der Waals surface area (Å²) in [6.45, 7) is 17.6. The summed E-state index contributed by atoms with van der Waals surface area (Å²) in [4.78, 5) is 0. The van der Waals surface area contributed by atoms with Crippen LogP contribution >= 0.6 is 0 Å². The van der Waals surface area contributed by atoms with Crippen molar-refractivity contribution < 1.29 is 0 Å². The van der Waals surface area contributed by atoms with E-state index in [4.69, 9.17) is 5.73 Å². The first kappa shape index (κ1) is 24.2. The van der Waals surface area contributed by atoms with Crippen molar-refractivity contribution in [2.45, 2.75) is 48.5 Å². The van der Waals surface area contributed by atoms with Gasteiger partial charge in [0.05, 0.1) is 0 Å². The highest BCUT2D eigenvalue weighted by Crippen LogP contribution is 2.01. The second-order valence-electron chi connectivity index (χ2n) is 1.91. The van der Waals surface area contributed by atoms with Gasteiger partial charge in [-0.1, -0.05) is 54.2 Å². The average molecular weight is 228 g/mol. The van der Waals surface area contributed by atoms with E-state index in [0.29, 0.717) is 0 Å². The van der Waals surface area contributed by atoms with Gasteiger partial charge >= 0.3 is 0 Å². The largest absolute Gasteiger partial charge is 0.405 e. The Morgan fingerprint density at radius 3 is 1.62 bits per heavy atom. The first-order chi connectivity index (χ1) is 7.76. The molecule has 0 saturated heterocycles. The Bertz CT molecular complexity index is 168. The number of likely N-dealkylation sites (N-methyl/N-ethyl adjacent to an activating group) is 1. The molecule has 0 aromatic heterocycles. The first-order valence-corrected chi connectivity index (χ1v) is 6.15. The summed E-state index contributed by atoms with van der Waals surface area (Å²) in [5.74, 6) is 0. The lowest BCUT2D eigenvalue weighted by atomic mass is 10.2. The second kappa shape index (κ2) is 29.2. The van der Waals surface area contributed by atoms with E-state index in [-0.39, 0.29) is 0 Å². The Balaban J connectivity index is -0.000000103. The molecule has 3 N–H and O–H groups in total. The maximum atomic E-state index is 5.21. The third-order valence-electron chi connectivity index (χ3n) is 1.26. The molecule has 0 heterocycles. The first-order valence-electron chi connectivity index (χ1n) is 6.15. The number of allylic oxidation sites excluding steroid dienone is 3. The lowest BCUT2D eigenvalue weighted by molar-refractivity contribution is 1.01. The van der Waals surface area contributed by atoms with Crippen molar-refractivity contribution in [2.75, 3.05) is 7.05 Å². The van der Waals surface area contributed by atoms with Gasteiger partial charge < -0.3 is 11.1 Å². The van der Waals surface area contributed by atoms with Crippen LogP contribution in [0.1, 0.15) is 48.5 Å². The summed E-state index contributed by atoms with van der Waals surface area (Å²) in [6.07, 6.45) is 5.08. The highest BCUT2D eigenvalue weighted by atomic mass is 14.8. The van der Waals surface area contributed by atoms with Gasteiger partial charge in [0.2, 0.25) is 0 Å². The number of nitrogens with one attached hydrogen (secondary N) is 1. The van der Waals surface area contributed by atoms with E-state index in [1.807, 2.05) is 55.5 Å². The van der Waals surface area contributed by atoms with E-state index >= 15 is 0 Å². The lowest BCUT2D eigenvalue weighted by Crippen LogP contribution is -2.05. The van der Waals surface area contributed by atoms with Crippen LogP contribution in [0.15, 0.2) is 36.2 Å². The quantitative estimate of drug-likeness (QED) is 0.710. The van der Waals surface area contributed by atoms with E-state index in [9.17, 15) is 0 Å². The van der Waals surface area contributed by atoms with Gasteiger partial charge in [-0.2, -0.15) is 0 Å². The lowest BCUT2D eigenvalue weighted by Gasteiger charge is -2.02. The minimum absolute atomic E-state index is 0.998. The predicted molar refractivity (Wildman–Crippen MR) is 79.3 cm³/mol. The molecule has 0 aliphatic heterocycles. The minimum atomic E-state index is 0.998. The van der Waals surface area contributed by atoms with Crippen molar-refractivity contribution >= 4 is 0 Å². The van der Waals surface area contributed by atoms with Crippen molar-refractivity contribution in [1.82, 2.24) is 5.32 Å². The number of nitrogens with two attached hydrogens (primary N) is 1. The van der Waals surface area contributed by atoms with E-state index in [0.717, 1.165) is 11.3 Å². The number of hydrogen-bond acceptors (Lipinski definition) is 2. The summed E-state index contributed by atoms with van der Waals surface area (Å²) in [5, 5.41) is 3.00. The van der Waals surface area contributed by atoms with Crippen molar-refractivity contribution in [1.29, 1.82) is 0 Å². The molecule has 0 fully saturated rings. The molecule has 2 heteroatoms. The van der Waals surface area contributed by atoms with Crippen LogP contribution in [0.2, 0.25) is 0 Å². The van der Waals surface area contributed by atoms with Crippen LogP contribution in [0.25, 0.3) is 0 Å². The van der Waals surface area contributed by atoms with Crippen LogP contribution in [0, 0.1) is 0 Å². The summed E-state index contributed by atoms with van der Waals surface area (Å²) in [7, 11) is 1.85. The molecule has 0 amide bonds. The van der Waals surface area contributed by atoms with Crippen LogP contribution in [0.4, 0.5) is 0 Å². The zero-order valence-electron chi connectivity index (χ0n) is 12.5. The monoisotopic (exact) mass is 228 g/mol. The summed E-state index contributed by atoms with van der Waals surface area (Å²) in [6, 6.07) is 0. The predicted octanol–water partition coefficient (Wildman–Crippen LogP) is 4.22. The molecular formula is C14H32N2. The average Bonchev–Trinajstić information content (AvgIpc) is 2.42. The van der Waals surface area contributed by atoms with Gasteiger partial charge in [0, 0.05) is 12.7 Å². The molecule has 0 unspecified atom stereocenters. The summed E-state index contributed by atoms with van der Waals surface area (Å²) < 4.78 is 0. The van der Waals surface area contributed by atoms with Crippen LogP contribution in [-0.4, -0.2) is 7.05 Å². The van der Waals surface area contributed by atoms with Crippen LogP contribution in [0.3, 0.4) is 0 Å². The maximum Gasteiger partial charge on any atom is 0.0381 e. The number of hydrogen-bond donors (Lipinski definition) is 2. The van der Waals surface area contributed by atoms with E-state index in [2.05, 4.69) is 11.9 Å². The van der Waals surface area contributed by atoms with E-state index in [1.165, 1.54) is 6.20 Å². The molecule has 0 radical (unpaired) electrons. The SMILES string of the molecule is C=C/C(C)=C(/C=C\N)NC.CC.CC.CC. The third kappa shape index (κ3) is 18.6. The third-order valence-corrected chi connectivity index (χ3v) is 1.26. The summed E-state index contributed by atoms with van der Waals surface area (Å²) in [5.41, 5.74) is 7.29. The van der Waals surface area contributed by atoms with E-state index < -0.39 is 0 Å². The maximum absolute atomic E-state index is 5.21. The van der Waals surface area contributed by atoms with Crippen LogP contribution in [-0.2, 0) is 0 Å². The normalized spacial score (nSPS) is 9.25. The molecule has 98 valence electrons. The standard InChI is InChI=1S/C8H14N2.3C2H6/c1-4-7(2)8(10-3)5-6-9;3*1-2/h4-6,10H,1,9H2,2-3H3;3*1-2H3/b6-5-,8-7-;;;. The molecule has 0 saturated carbocycles. The highest BCUT2D eigenvalue weighted by Gasteiger charge is 1.89. The molecule has 2 nitrogen and oxygen atoms in total. The van der Waals surface area contributed by atoms with Gasteiger partial charge in [0.15, 0.2) is 0 Å². The van der Waals surface area contributed by atoms with E-state index in [1.54, 1.807) is 12.2 Å². The Morgan fingerprint density at radius 2 is 1.44 bits per heavy atom. The molecule has 0 bridgehead atoms. The van der Waals surface area contributed by atoms with Gasteiger partial charge in [0.1, 0.15) is 0 Å². The van der Waals surface area contributed by atoms with Gasteiger partial charge in [-0.25, -0.2) is 0 Å². The number of rotatable bonds is 3. The fraction of sp³-hybridized carbons (Fsp3) is 0.571. The highest BCUT2D eigenvalue weighted by molar-refractivity contribution is 5.28. The Morgan fingerprint density at radius 1 is 1.06 bits per heavy atom. The topological polar surface area (TPSA) is 38.0 Å². The Hall–Kier alpha value is -1.18. The fourth-order valence-corrected chi connectivity index (χ4v) is 0.618. The molecule has 16 heavy (non-hydrogen) atoms. The zero-order valence-corrected chi connectivity index (χ0v) is 12.5. The molecule has 0 aromatic carbocycles. The molecular weight excluding hydrogens is 196 g/mol. The Kier molecular flexibility index (Phi) is 44.1. The van der Waals surface area contributed by atoms with Crippen molar-refractivity contribution in [3.05, 3.63) is 36.2 Å². The zero-order chi connectivity index (χ0) is 14.0. The molecule has 0 spiro atoms. The van der Waals surface area contributed by atoms with Gasteiger partial charge in [-0.05, 0) is 24.8 Å². The smallest absolute Gasteiger partial charge is 0.0381 e. The molecule has 0 aliphatic rings. The second-order valence-corrected chi connectivity index (χ2v) is 1.91. The van der Waals surface area contributed by atoms with Crippen molar-refractivity contribution in [2.24, 2.45) is 5.73 Å². The summed E-state index contributed by atoms with van der Waals surface area (Å²) >= 11 is 0. The molecule has 0 aromatic rings. The molecule has 0 aliphatic carbocycles. The van der Waals surface area contributed by atoms with Gasteiger partial charge in [0.25, 0.3) is 0 Å². The van der Waals surface area contributed by atoms with Gasteiger partial charge in [-0.3, -0.25) is 0 Å².